The Morgan fingerprint density at radius 3 is 1.62 bits per heavy atom. The zero-order valence-electron chi connectivity index (χ0n) is 15.9. The van der Waals surface area contributed by atoms with E-state index in [2.05, 4.69) is 0 Å². The van der Waals surface area contributed by atoms with E-state index in [1.54, 1.807) is 13.8 Å². The van der Waals surface area contributed by atoms with Gasteiger partial charge in [0.2, 0.25) is 0 Å². The van der Waals surface area contributed by atoms with Crippen molar-refractivity contribution in [3.05, 3.63) is 0 Å². The number of carboxylic acids is 1. The van der Waals surface area contributed by atoms with Gasteiger partial charge in [-0.3, -0.25) is 9.59 Å². The average molecular weight is 346 g/mol. The maximum Gasteiger partial charge on any atom is 0.311 e. The van der Waals surface area contributed by atoms with Gasteiger partial charge >= 0.3 is 11.9 Å². The summed E-state index contributed by atoms with van der Waals surface area (Å²) in [6.45, 7) is 9.63. The minimum Gasteiger partial charge on any atom is -0.481 e. The minimum absolute atomic E-state index is 0.193. The third kappa shape index (κ3) is 9.88. The number of carbonyl (C=O) groups excluding carboxylic acids is 1. The molecule has 0 saturated carbocycles. The summed E-state index contributed by atoms with van der Waals surface area (Å²) in [5.41, 5.74) is -1.16. The van der Waals surface area contributed by atoms with Crippen molar-refractivity contribution in [2.24, 2.45) is 10.8 Å². The van der Waals surface area contributed by atoms with Crippen LogP contribution in [0.1, 0.15) is 59.8 Å². The Morgan fingerprint density at radius 2 is 1.21 bits per heavy atom. The lowest BCUT2D eigenvalue weighted by Gasteiger charge is -2.21. The Kier molecular flexibility index (Phi) is 10.9. The Hall–Kier alpha value is -1.14. The molecule has 1 N–H and O–H groups in total. The van der Waals surface area contributed by atoms with E-state index in [0.29, 0.717) is 32.8 Å². The molecule has 6 heteroatoms. The van der Waals surface area contributed by atoms with Crippen LogP contribution in [-0.4, -0.2) is 50.6 Å². The van der Waals surface area contributed by atoms with Crippen LogP contribution in [0, 0.1) is 10.8 Å². The number of carbonyl (C=O) groups is 2. The molecule has 0 aromatic rings. The highest BCUT2D eigenvalue weighted by Gasteiger charge is 2.28. The summed E-state index contributed by atoms with van der Waals surface area (Å²) in [6, 6.07) is 0. The molecule has 0 bridgehead atoms. The molecule has 0 rings (SSSR count). The van der Waals surface area contributed by atoms with E-state index in [9.17, 15) is 9.59 Å². The van der Waals surface area contributed by atoms with Crippen molar-refractivity contribution >= 4 is 11.9 Å². The van der Waals surface area contributed by atoms with E-state index in [1.165, 1.54) is 7.11 Å². The van der Waals surface area contributed by atoms with Gasteiger partial charge in [0, 0.05) is 26.4 Å². The van der Waals surface area contributed by atoms with Crippen LogP contribution in [0.5, 0.6) is 0 Å². The molecule has 0 aromatic carbocycles. The smallest absolute Gasteiger partial charge is 0.311 e. The maximum atomic E-state index is 11.5. The molecule has 0 radical (unpaired) electrons. The molecule has 0 atom stereocenters. The van der Waals surface area contributed by atoms with Crippen LogP contribution >= 0.6 is 0 Å². The quantitative estimate of drug-likeness (QED) is 0.384. The van der Waals surface area contributed by atoms with E-state index in [4.69, 9.17) is 19.3 Å². The van der Waals surface area contributed by atoms with Crippen LogP contribution in [0.4, 0.5) is 0 Å². The van der Waals surface area contributed by atoms with Gasteiger partial charge in [-0.25, -0.2) is 0 Å². The van der Waals surface area contributed by atoms with Crippen molar-refractivity contribution in [3.63, 3.8) is 0 Å². The Bertz CT molecular complexity index is 376. The molecule has 0 aromatic heterocycles. The van der Waals surface area contributed by atoms with Crippen molar-refractivity contribution in [1.82, 2.24) is 0 Å². The number of ether oxygens (including phenoxy) is 3. The largest absolute Gasteiger partial charge is 0.481 e. The first-order valence-electron chi connectivity index (χ1n) is 8.61. The van der Waals surface area contributed by atoms with Crippen LogP contribution in [-0.2, 0) is 23.8 Å². The van der Waals surface area contributed by atoms with Crippen LogP contribution in [0.15, 0.2) is 0 Å². The van der Waals surface area contributed by atoms with E-state index < -0.39 is 16.8 Å². The number of esters is 1. The van der Waals surface area contributed by atoms with Crippen molar-refractivity contribution in [2.75, 3.05) is 33.5 Å². The molecule has 0 fully saturated rings. The van der Waals surface area contributed by atoms with Crippen LogP contribution in [0.25, 0.3) is 0 Å². The second-order valence-corrected chi connectivity index (χ2v) is 7.35. The second kappa shape index (κ2) is 11.4. The topological polar surface area (TPSA) is 82.1 Å². The Morgan fingerprint density at radius 1 is 0.792 bits per heavy atom. The highest BCUT2D eigenvalue weighted by molar-refractivity contribution is 5.75. The van der Waals surface area contributed by atoms with Gasteiger partial charge < -0.3 is 19.3 Å². The average Bonchev–Trinajstić information content (AvgIpc) is 2.51. The molecular formula is C18H34O6. The van der Waals surface area contributed by atoms with Crippen LogP contribution in [0.3, 0.4) is 0 Å². The molecule has 6 nitrogen and oxygen atoms in total. The summed E-state index contributed by atoms with van der Waals surface area (Å²) in [7, 11) is 1.41. The third-order valence-corrected chi connectivity index (χ3v) is 4.08. The van der Waals surface area contributed by atoms with Gasteiger partial charge in [0.25, 0.3) is 0 Å². The number of methoxy groups -OCH3 is 1. The first-order chi connectivity index (χ1) is 11.1. The van der Waals surface area contributed by atoms with Gasteiger partial charge in [0.15, 0.2) is 0 Å². The van der Waals surface area contributed by atoms with Gasteiger partial charge in [-0.15, -0.1) is 0 Å². The zero-order chi connectivity index (χ0) is 18.6. The molecule has 0 spiro atoms. The molecule has 24 heavy (non-hydrogen) atoms. The fourth-order valence-electron chi connectivity index (χ4n) is 2.18. The summed E-state index contributed by atoms with van der Waals surface area (Å²) in [6.07, 6.45) is 3.70. The molecule has 0 amide bonds. The molecule has 0 aliphatic carbocycles. The molecule has 0 aliphatic rings. The van der Waals surface area contributed by atoms with E-state index in [1.807, 2.05) is 13.8 Å². The summed E-state index contributed by atoms with van der Waals surface area (Å²) in [5.74, 6) is -0.965. The van der Waals surface area contributed by atoms with Crippen molar-refractivity contribution in [3.8, 4) is 0 Å². The number of hydrogen-bond donors (Lipinski definition) is 1. The number of aliphatic carboxylic acids is 1. The zero-order valence-corrected chi connectivity index (χ0v) is 15.9. The van der Waals surface area contributed by atoms with E-state index in [0.717, 1.165) is 25.7 Å². The Labute approximate surface area is 145 Å². The SMILES string of the molecule is COC(=O)C(C)(C)CCCOCCCOCCCC(C)(C)C(=O)O. The van der Waals surface area contributed by atoms with Crippen molar-refractivity contribution in [2.45, 2.75) is 59.8 Å². The predicted octanol–water partition coefficient (Wildman–Crippen LogP) is 3.28. The molecule has 0 aliphatic heterocycles. The summed E-state index contributed by atoms with van der Waals surface area (Å²) < 4.78 is 15.8. The van der Waals surface area contributed by atoms with Crippen LogP contribution < -0.4 is 0 Å². The first-order valence-corrected chi connectivity index (χ1v) is 8.61. The molecule has 0 heterocycles. The molecule has 0 saturated heterocycles. The van der Waals surface area contributed by atoms with Gasteiger partial charge in [0.05, 0.1) is 17.9 Å². The van der Waals surface area contributed by atoms with E-state index in [-0.39, 0.29) is 5.97 Å². The fraction of sp³-hybridized carbons (Fsp3) is 0.889. The van der Waals surface area contributed by atoms with Gasteiger partial charge in [0.1, 0.15) is 0 Å². The second-order valence-electron chi connectivity index (χ2n) is 7.35. The van der Waals surface area contributed by atoms with Gasteiger partial charge in [-0.1, -0.05) is 0 Å². The lowest BCUT2D eigenvalue weighted by atomic mass is 9.88. The standard InChI is InChI=1S/C18H34O6/c1-17(2,15(19)20)9-6-11-23-13-8-14-24-12-7-10-18(3,4)16(21)22-5/h6-14H2,1-5H3,(H,19,20). The highest BCUT2D eigenvalue weighted by Crippen LogP contribution is 2.24. The summed E-state index contributed by atoms with van der Waals surface area (Å²) >= 11 is 0. The number of hydrogen-bond acceptors (Lipinski definition) is 5. The number of rotatable bonds is 14. The number of carboxylic acid groups (broad SMARTS) is 1. The first kappa shape index (κ1) is 22.9. The molecule has 0 unspecified atom stereocenters. The van der Waals surface area contributed by atoms with Gasteiger partial charge in [-0.2, -0.15) is 0 Å². The van der Waals surface area contributed by atoms with Crippen molar-refractivity contribution in [1.29, 1.82) is 0 Å². The molecule has 142 valence electrons. The maximum absolute atomic E-state index is 11.5. The third-order valence-electron chi connectivity index (χ3n) is 4.08. The normalized spacial score (nSPS) is 12.2. The molecular weight excluding hydrogens is 312 g/mol. The van der Waals surface area contributed by atoms with E-state index >= 15 is 0 Å². The fourth-order valence-corrected chi connectivity index (χ4v) is 2.18. The summed E-state index contributed by atoms with van der Waals surface area (Å²) in [5, 5.41) is 9.00. The lowest BCUT2D eigenvalue weighted by Crippen LogP contribution is -2.25. The van der Waals surface area contributed by atoms with Gasteiger partial charge in [-0.05, 0) is 59.8 Å². The Balaban J connectivity index is 3.47. The summed E-state index contributed by atoms with van der Waals surface area (Å²) in [4.78, 5) is 22.5. The van der Waals surface area contributed by atoms with Crippen LogP contribution in [0.2, 0.25) is 0 Å². The highest BCUT2D eigenvalue weighted by atomic mass is 16.5. The predicted molar refractivity (Wildman–Crippen MR) is 91.9 cm³/mol. The minimum atomic E-state index is -0.772. The van der Waals surface area contributed by atoms with Crippen molar-refractivity contribution < 1.29 is 28.9 Å². The lowest BCUT2D eigenvalue weighted by molar-refractivity contribution is -0.151. The monoisotopic (exact) mass is 346 g/mol.